The molecule has 0 aliphatic heterocycles. The van der Waals surface area contributed by atoms with Crippen molar-refractivity contribution in [1.29, 1.82) is 0 Å². The van der Waals surface area contributed by atoms with E-state index in [4.69, 9.17) is 5.11 Å². The van der Waals surface area contributed by atoms with Crippen LogP contribution in [-0.2, 0) is 0 Å². The summed E-state index contributed by atoms with van der Waals surface area (Å²) in [6.07, 6.45) is 0. The number of aromatic carboxylic acids is 1. The maximum absolute atomic E-state index is 11.8. The Kier molecular flexibility index (Phi) is 4.33. The average Bonchev–Trinajstić information content (AvgIpc) is 2.47. The van der Waals surface area contributed by atoms with Crippen LogP contribution in [0.15, 0.2) is 48.5 Å². The summed E-state index contributed by atoms with van der Waals surface area (Å²) in [6, 6.07) is 10.5. The minimum Gasteiger partial charge on any atom is -0.478 e. The molecular weight excluding hydrogens is 290 g/mol. The van der Waals surface area contributed by atoms with E-state index >= 15 is 0 Å². The van der Waals surface area contributed by atoms with Crippen LogP contribution < -0.4 is 10.6 Å². The van der Waals surface area contributed by atoms with Gasteiger partial charge in [0.25, 0.3) is 5.69 Å². The van der Waals surface area contributed by atoms with Gasteiger partial charge in [0.2, 0.25) is 0 Å². The molecule has 3 N–H and O–H groups in total. The van der Waals surface area contributed by atoms with Crippen molar-refractivity contribution >= 4 is 29.1 Å². The highest BCUT2D eigenvalue weighted by Crippen LogP contribution is 2.16. The van der Waals surface area contributed by atoms with Crippen LogP contribution >= 0.6 is 0 Å². The summed E-state index contributed by atoms with van der Waals surface area (Å²) in [5.41, 5.74) is 0.657. The molecule has 8 heteroatoms. The molecule has 0 saturated heterocycles. The van der Waals surface area contributed by atoms with Gasteiger partial charge in [-0.1, -0.05) is 6.07 Å². The van der Waals surface area contributed by atoms with Crippen LogP contribution in [0.5, 0.6) is 0 Å². The van der Waals surface area contributed by atoms with Gasteiger partial charge in [0, 0.05) is 23.5 Å². The summed E-state index contributed by atoms with van der Waals surface area (Å²) in [5.74, 6) is -1.10. The number of amides is 2. The van der Waals surface area contributed by atoms with Crippen LogP contribution in [0.1, 0.15) is 10.4 Å². The molecule has 0 unspecified atom stereocenters. The summed E-state index contributed by atoms with van der Waals surface area (Å²) in [5, 5.41) is 24.3. The van der Waals surface area contributed by atoms with Crippen LogP contribution in [0.4, 0.5) is 21.9 Å². The molecule has 0 aliphatic rings. The molecule has 0 radical (unpaired) electrons. The van der Waals surface area contributed by atoms with Crippen molar-refractivity contribution in [3.8, 4) is 0 Å². The van der Waals surface area contributed by atoms with Crippen molar-refractivity contribution in [2.75, 3.05) is 10.6 Å². The highest BCUT2D eigenvalue weighted by atomic mass is 16.6. The number of rotatable bonds is 4. The highest BCUT2D eigenvalue weighted by Gasteiger charge is 2.08. The zero-order chi connectivity index (χ0) is 16.1. The fourth-order valence-electron chi connectivity index (χ4n) is 1.69. The Labute approximate surface area is 124 Å². The first-order valence-corrected chi connectivity index (χ1v) is 6.11. The van der Waals surface area contributed by atoms with Crippen molar-refractivity contribution in [3.63, 3.8) is 0 Å². The van der Waals surface area contributed by atoms with Gasteiger partial charge in [-0.3, -0.25) is 10.1 Å². The van der Waals surface area contributed by atoms with Gasteiger partial charge in [0.05, 0.1) is 10.5 Å². The maximum Gasteiger partial charge on any atom is 0.335 e. The Morgan fingerprint density at radius 3 is 2.23 bits per heavy atom. The number of anilines is 2. The summed E-state index contributed by atoms with van der Waals surface area (Å²) in [4.78, 5) is 32.6. The van der Waals surface area contributed by atoms with Gasteiger partial charge in [-0.25, -0.2) is 9.59 Å². The summed E-state index contributed by atoms with van der Waals surface area (Å²) < 4.78 is 0. The molecule has 0 fully saturated rings. The molecule has 0 heterocycles. The van der Waals surface area contributed by atoms with Crippen molar-refractivity contribution < 1.29 is 19.6 Å². The summed E-state index contributed by atoms with van der Waals surface area (Å²) in [7, 11) is 0. The number of urea groups is 1. The number of hydrogen-bond donors (Lipinski definition) is 3. The van der Waals surface area contributed by atoms with Crippen LogP contribution in [0, 0.1) is 10.1 Å². The Morgan fingerprint density at radius 1 is 1.00 bits per heavy atom. The molecule has 22 heavy (non-hydrogen) atoms. The molecule has 112 valence electrons. The van der Waals surface area contributed by atoms with Gasteiger partial charge in [0.1, 0.15) is 0 Å². The number of carboxylic acid groups (broad SMARTS) is 1. The number of nitrogens with one attached hydrogen (secondary N) is 2. The topological polar surface area (TPSA) is 122 Å². The number of nitro groups is 1. The van der Waals surface area contributed by atoms with Gasteiger partial charge in [-0.2, -0.15) is 0 Å². The molecule has 2 amide bonds. The third kappa shape index (κ3) is 3.79. The minimum absolute atomic E-state index is 0.0492. The quantitative estimate of drug-likeness (QED) is 0.592. The van der Waals surface area contributed by atoms with Crippen molar-refractivity contribution in [1.82, 2.24) is 0 Å². The molecule has 2 rings (SSSR count). The number of hydrogen-bond acceptors (Lipinski definition) is 4. The molecular formula is C14H11N3O5. The first-order chi connectivity index (χ1) is 10.5. The first kappa shape index (κ1) is 15.0. The van der Waals surface area contributed by atoms with Gasteiger partial charge >= 0.3 is 12.0 Å². The number of carbonyl (C=O) groups is 2. The molecule has 0 aliphatic carbocycles. The Balaban J connectivity index is 2.02. The second kappa shape index (κ2) is 6.35. The molecule has 0 atom stereocenters. The number of nitrogens with zero attached hydrogens (tertiary/aromatic N) is 1. The number of nitro benzene ring substituents is 1. The number of benzene rings is 2. The Hall–Kier alpha value is -3.42. The molecule has 0 aromatic heterocycles. The van der Waals surface area contributed by atoms with Crippen LogP contribution in [0.25, 0.3) is 0 Å². The maximum atomic E-state index is 11.8. The normalized spacial score (nSPS) is 9.82. The summed E-state index contributed by atoms with van der Waals surface area (Å²) >= 11 is 0. The van der Waals surface area contributed by atoms with E-state index in [0.717, 1.165) is 0 Å². The van der Waals surface area contributed by atoms with E-state index in [9.17, 15) is 19.7 Å². The fraction of sp³-hybridized carbons (Fsp3) is 0. The highest BCUT2D eigenvalue weighted by molar-refractivity contribution is 6.00. The van der Waals surface area contributed by atoms with Crippen molar-refractivity contribution in [2.45, 2.75) is 0 Å². The van der Waals surface area contributed by atoms with Gasteiger partial charge in [-0.05, 0) is 30.3 Å². The molecule has 0 spiro atoms. The van der Waals surface area contributed by atoms with E-state index in [2.05, 4.69) is 10.6 Å². The number of carbonyl (C=O) groups excluding carboxylic acids is 1. The predicted octanol–water partition coefficient (Wildman–Crippen LogP) is 2.94. The minimum atomic E-state index is -1.10. The van der Waals surface area contributed by atoms with Crippen LogP contribution in [-0.4, -0.2) is 22.0 Å². The first-order valence-electron chi connectivity index (χ1n) is 6.11. The van der Waals surface area contributed by atoms with Gasteiger partial charge in [0.15, 0.2) is 0 Å². The van der Waals surface area contributed by atoms with Gasteiger partial charge in [-0.15, -0.1) is 0 Å². The molecule has 0 saturated carbocycles. The largest absolute Gasteiger partial charge is 0.478 e. The lowest BCUT2D eigenvalue weighted by molar-refractivity contribution is -0.384. The zero-order valence-electron chi connectivity index (χ0n) is 11.1. The second-order valence-electron chi connectivity index (χ2n) is 4.27. The van der Waals surface area contributed by atoms with Crippen LogP contribution in [0.2, 0.25) is 0 Å². The van der Waals surface area contributed by atoms with Gasteiger partial charge < -0.3 is 15.7 Å². The number of carboxylic acids is 1. The average molecular weight is 301 g/mol. The lowest BCUT2D eigenvalue weighted by Gasteiger charge is -2.08. The smallest absolute Gasteiger partial charge is 0.335 e. The Morgan fingerprint density at radius 2 is 1.64 bits per heavy atom. The van der Waals surface area contributed by atoms with E-state index < -0.39 is 16.9 Å². The van der Waals surface area contributed by atoms with E-state index in [1.165, 1.54) is 42.5 Å². The van der Waals surface area contributed by atoms with Crippen molar-refractivity contribution in [2.24, 2.45) is 0 Å². The van der Waals surface area contributed by atoms with Crippen LogP contribution in [0.3, 0.4) is 0 Å². The zero-order valence-corrected chi connectivity index (χ0v) is 11.1. The van der Waals surface area contributed by atoms with Crippen molar-refractivity contribution in [3.05, 3.63) is 64.2 Å². The lowest BCUT2D eigenvalue weighted by atomic mass is 10.2. The second-order valence-corrected chi connectivity index (χ2v) is 4.27. The molecule has 8 nitrogen and oxygen atoms in total. The van der Waals surface area contributed by atoms with E-state index in [1.807, 2.05) is 0 Å². The fourth-order valence-corrected chi connectivity index (χ4v) is 1.69. The predicted molar refractivity (Wildman–Crippen MR) is 79.1 cm³/mol. The van der Waals surface area contributed by atoms with E-state index in [1.54, 1.807) is 6.07 Å². The van der Waals surface area contributed by atoms with E-state index in [0.29, 0.717) is 11.4 Å². The standard InChI is InChI=1S/C14H11N3O5/c18-13(19)9-2-1-3-11(8-9)16-14(20)15-10-4-6-12(7-5-10)17(21)22/h1-8H,(H,18,19)(H2,15,16,20). The molecule has 2 aromatic rings. The molecule has 2 aromatic carbocycles. The SMILES string of the molecule is O=C(Nc1ccc([N+](=O)[O-])cc1)Nc1cccc(C(=O)O)c1. The summed E-state index contributed by atoms with van der Waals surface area (Å²) in [6.45, 7) is 0. The van der Waals surface area contributed by atoms with E-state index in [-0.39, 0.29) is 11.3 Å². The molecule has 0 bridgehead atoms. The lowest BCUT2D eigenvalue weighted by Crippen LogP contribution is -2.19. The Bertz CT molecular complexity index is 728. The third-order valence-electron chi connectivity index (χ3n) is 2.70. The monoisotopic (exact) mass is 301 g/mol. The third-order valence-corrected chi connectivity index (χ3v) is 2.70. The number of non-ortho nitro benzene ring substituents is 1.